The van der Waals surface area contributed by atoms with Gasteiger partial charge in [-0.3, -0.25) is 0 Å². The number of unbranched alkanes of at least 4 members (excludes halogenated alkanes) is 2. The van der Waals surface area contributed by atoms with Crippen molar-refractivity contribution >= 4 is 6.29 Å². The fourth-order valence-electron chi connectivity index (χ4n) is 2.07. The lowest BCUT2D eigenvalue weighted by Gasteiger charge is -2.19. The molecule has 2 aromatic carbocycles. The average Bonchev–Trinajstić information content (AvgIpc) is 2.56. The second-order valence-electron chi connectivity index (χ2n) is 4.66. The van der Waals surface area contributed by atoms with Crippen LogP contribution in [0, 0.1) is 25.7 Å². The molecule has 0 saturated heterocycles. The van der Waals surface area contributed by atoms with Gasteiger partial charge in [0.2, 0.25) is 0 Å². The number of nitrogens with one attached hydrogen (secondary N) is 1. The minimum Gasteiger partial charge on any atom is -0.306 e. The van der Waals surface area contributed by atoms with E-state index < -0.39 is 0 Å². The summed E-state index contributed by atoms with van der Waals surface area (Å²) in [6.45, 7) is 0.794. The second kappa shape index (κ2) is 9.09. The molecular formula is C19H19NO. The lowest BCUT2D eigenvalue weighted by Crippen LogP contribution is -2.21. The van der Waals surface area contributed by atoms with Crippen LogP contribution in [0.25, 0.3) is 0 Å². The number of carbonyl (C=O) groups is 1. The molecule has 0 amide bonds. The summed E-state index contributed by atoms with van der Waals surface area (Å²) in [4.78, 5) is 10.3. The van der Waals surface area contributed by atoms with E-state index in [-0.39, 0.29) is 6.04 Å². The molecule has 1 atom stereocenters. The van der Waals surface area contributed by atoms with Crippen LogP contribution in [0.1, 0.15) is 17.2 Å². The Bertz CT molecular complexity index is 510. The smallest absolute Gasteiger partial charge is 0.124 e. The maximum atomic E-state index is 10.3. The summed E-state index contributed by atoms with van der Waals surface area (Å²) in [7, 11) is 0. The number of carbonyl (C=O) groups excluding carboxylic acids is 1. The Labute approximate surface area is 127 Å². The molecule has 2 nitrogen and oxygen atoms in total. The molecule has 1 N–H and O–H groups in total. The van der Waals surface area contributed by atoms with Gasteiger partial charge >= 0.3 is 0 Å². The number of aldehydes is 1. The SMILES string of the molecule is O=C[CH][CH][CH][CH][C@@H](NCc1ccccc1)c1ccccc1. The van der Waals surface area contributed by atoms with E-state index in [1.807, 2.05) is 42.8 Å². The number of hydrogen-bond donors (Lipinski definition) is 1. The van der Waals surface area contributed by atoms with Crippen LogP contribution in [-0.4, -0.2) is 6.29 Å². The molecule has 2 aromatic rings. The van der Waals surface area contributed by atoms with Crippen LogP contribution in [0.15, 0.2) is 60.7 Å². The minimum atomic E-state index is 0.114. The summed E-state index contributed by atoms with van der Waals surface area (Å²) in [5.41, 5.74) is 2.44. The molecule has 4 radical (unpaired) electrons. The zero-order valence-electron chi connectivity index (χ0n) is 11.9. The maximum absolute atomic E-state index is 10.3. The lowest BCUT2D eigenvalue weighted by molar-refractivity contribution is -0.105. The first-order chi connectivity index (χ1) is 10.4. The summed E-state index contributed by atoms with van der Waals surface area (Å²) in [6, 6.07) is 20.7. The Morgan fingerprint density at radius 2 is 1.52 bits per heavy atom. The molecule has 0 aliphatic rings. The topological polar surface area (TPSA) is 29.1 Å². The number of hydrogen-bond acceptors (Lipinski definition) is 2. The van der Waals surface area contributed by atoms with E-state index >= 15 is 0 Å². The van der Waals surface area contributed by atoms with Gasteiger partial charge in [0.25, 0.3) is 0 Å². The van der Waals surface area contributed by atoms with E-state index in [0.29, 0.717) is 0 Å². The fourth-order valence-corrected chi connectivity index (χ4v) is 2.07. The molecule has 0 aromatic heterocycles. The van der Waals surface area contributed by atoms with Crippen LogP contribution in [0.3, 0.4) is 0 Å². The highest BCUT2D eigenvalue weighted by Gasteiger charge is 2.10. The first kappa shape index (κ1) is 15.5. The Morgan fingerprint density at radius 3 is 2.19 bits per heavy atom. The summed E-state index contributed by atoms with van der Waals surface area (Å²) < 4.78 is 0. The minimum absolute atomic E-state index is 0.114. The molecule has 0 aliphatic carbocycles. The lowest BCUT2D eigenvalue weighted by atomic mass is 10.00. The molecule has 2 rings (SSSR count). The van der Waals surface area contributed by atoms with E-state index in [2.05, 4.69) is 36.0 Å². The van der Waals surface area contributed by atoms with Crippen LogP contribution in [0.5, 0.6) is 0 Å². The van der Waals surface area contributed by atoms with E-state index in [9.17, 15) is 4.79 Å². The van der Waals surface area contributed by atoms with Crippen LogP contribution < -0.4 is 5.32 Å². The summed E-state index contributed by atoms with van der Waals surface area (Å²) in [5, 5.41) is 3.52. The molecule has 0 spiro atoms. The van der Waals surface area contributed by atoms with Crippen LogP contribution >= 0.6 is 0 Å². The molecule has 21 heavy (non-hydrogen) atoms. The van der Waals surface area contributed by atoms with Gasteiger partial charge in [-0.2, -0.15) is 0 Å². The van der Waals surface area contributed by atoms with Gasteiger partial charge in [0.1, 0.15) is 6.29 Å². The molecular weight excluding hydrogens is 258 g/mol. The predicted molar refractivity (Wildman–Crippen MR) is 85.7 cm³/mol. The van der Waals surface area contributed by atoms with Gasteiger partial charge in [-0.1, -0.05) is 60.7 Å². The molecule has 106 valence electrons. The second-order valence-corrected chi connectivity index (χ2v) is 4.66. The van der Waals surface area contributed by atoms with Gasteiger partial charge in [-0.05, 0) is 30.4 Å². The molecule has 2 heteroatoms. The Kier molecular flexibility index (Phi) is 6.69. The average molecular weight is 277 g/mol. The van der Waals surface area contributed by atoms with Crippen molar-refractivity contribution in [2.45, 2.75) is 12.6 Å². The van der Waals surface area contributed by atoms with Gasteiger partial charge in [0, 0.05) is 19.0 Å². The zero-order valence-corrected chi connectivity index (χ0v) is 11.9. The Morgan fingerprint density at radius 1 is 0.857 bits per heavy atom. The third kappa shape index (κ3) is 5.52. The zero-order chi connectivity index (χ0) is 14.8. The standard InChI is InChI=1S/C19H19NO/c21-15-9-3-8-14-19(18-12-6-2-7-13-18)20-16-17-10-4-1-5-11-17/h1-15,19-20H,16H2/t19-/m1/s1. The Hall–Kier alpha value is -1.93. The first-order valence-corrected chi connectivity index (χ1v) is 7.01. The van der Waals surface area contributed by atoms with Crippen molar-refractivity contribution in [3.63, 3.8) is 0 Å². The van der Waals surface area contributed by atoms with E-state index in [4.69, 9.17) is 0 Å². The molecule has 0 fully saturated rings. The highest BCUT2D eigenvalue weighted by atomic mass is 16.1. The number of benzene rings is 2. The molecule has 0 bridgehead atoms. The monoisotopic (exact) mass is 277 g/mol. The summed E-state index contributed by atoms with van der Waals surface area (Å²) in [6.07, 6.45) is 7.95. The van der Waals surface area contributed by atoms with E-state index in [0.717, 1.165) is 12.8 Å². The molecule has 0 saturated carbocycles. The third-order valence-corrected chi connectivity index (χ3v) is 3.13. The van der Waals surface area contributed by atoms with Crippen LogP contribution in [0.4, 0.5) is 0 Å². The van der Waals surface area contributed by atoms with E-state index in [1.165, 1.54) is 17.5 Å². The highest BCUT2D eigenvalue weighted by molar-refractivity contribution is 5.64. The van der Waals surface area contributed by atoms with Gasteiger partial charge in [-0.25, -0.2) is 0 Å². The third-order valence-electron chi connectivity index (χ3n) is 3.13. The van der Waals surface area contributed by atoms with Gasteiger partial charge in [-0.15, -0.1) is 0 Å². The van der Waals surface area contributed by atoms with Crippen molar-refractivity contribution in [3.8, 4) is 0 Å². The van der Waals surface area contributed by atoms with E-state index in [1.54, 1.807) is 6.42 Å². The van der Waals surface area contributed by atoms with Gasteiger partial charge in [0.05, 0.1) is 0 Å². The maximum Gasteiger partial charge on any atom is 0.124 e. The van der Waals surface area contributed by atoms with Crippen molar-refractivity contribution < 1.29 is 4.79 Å². The first-order valence-electron chi connectivity index (χ1n) is 7.01. The highest BCUT2D eigenvalue weighted by Crippen LogP contribution is 2.18. The van der Waals surface area contributed by atoms with Crippen LogP contribution in [0.2, 0.25) is 0 Å². The van der Waals surface area contributed by atoms with Gasteiger partial charge in [0.15, 0.2) is 0 Å². The predicted octanol–water partition coefficient (Wildman–Crippen LogP) is 3.53. The molecule has 0 aliphatic heterocycles. The van der Waals surface area contributed by atoms with Crippen molar-refractivity contribution in [2.75, 3.05) is 0 Å². The number of rotatable bonds is 9. The van der Waals surface area contributed by atoms with Crippen molar-refractivity contribution in [1.82, 2.24) is 5.32 Å². The van der Waals surface area contributed by atoms with Gasteiger partial charge < -0.3 is 10.1 Å². The van der Waals surface area contributed by atoms with Crippen LogP contribution in [-0.2, 0) is 11.3 Å². The quantitative estimate of drug-likeness (QED) is 0.561. The van der Waals surface area contributed by atoms with Crippen molar-refractivity contribution in [3.05, 3.63) is 97.5 Å². The summed E-state index contributed by atoms with van der Waals surface area (Å²) >= 11 is 0. The summed E-state index contributed by atoms with van der Waals surface area (Å²) in [5.74, 6) is 0. The Balaban J connectivity index is 1.93. The fraction of sp³-hybridized carbons (Fsp3) is 0.105. The van der Waals surface area contributed by atoms with Crippen molar-refractivity contribution in [2.24, 2.45) is 0 Å². The van der Waals surface area contributed by atoms with Crippen molar-refractivity contribution in [1.29, 1.82) is 0 Å². The largest absolute Gasteiger partial charge is 0.306 e. The molecule has 0 unspecified atom stereocenters. The molecule has 0 heterocycles. The normalized spacial score (nSPS) is 12.0.